The minimum absolute atomic E-state index is 0. The number of benzene rings is 1. The Morgan fingerprint density at radius 2 is 2.10 bits per heavy atom. The molecular formula is C16H11BrCl2SZr. The fourth-order valence-electron chi connectivity index (χ4n) is 2.64. The molecule has 0 N–H and O–H groups in total. The summed E-state index contributed by atoms with van der Waals surface area (Å²) in [5.41, 5.74) is 1.47. The van der Waals surface area contributed by atoms with Crippen molar-refractivity contribution in [3.63, 3.8) is 0 Å². The molecule has 106 valence electrons. The standard InChI is InChI=1S/C11H6BrS.C5H5.2ClH.Zr/c12-9-1-2-10-8(6-9)5-7-3-4-13-11(7)10;1-2-4-5-3-1;;;/h1-6H;1-3H,4H2;2*1H;/q;;;;+2/p-2. The SMILES string of the molecule is Brc1ccc2c(c1)=CC1=C[CH]([Zr+2][C]3=CC=CC3)SC=21.[Cl-].[Cl-]. The van der Waals surface area contributed by atoms with E-state index in [1.807, 2.05) is 0 Å². The van der Waals surface area contributed by atoms with Gasteiger partial charge in [-0.1, -0.05) is 0 Å². The molecular weight excluding hydrogens is 466 g/mol. The summed E-state index contributed by atoms with van der Waals surface area (Å²) in [7, 11) is 0. The number of hydrogen-bond donors (Lipinski definition) is 0. The average molecular weight is 477 g/mol. The van der Waals surface area contributed by atoms with Gasteiger partial charge in [0.25, 0.3) is 0 Å². The molecule has 1 aromatic rings. The van der Waals surface area contributed by atoms with Crippen molar-refractivity contribution in [2.75, 3.05) is 0 Å². The van der Waals surface area contributed by atoms with Crippen molar-refractivity contribution in [2.24, 2.45) is 0 Å². The minimum atomic E-state index is -0.446. The molecule has 0 nitrogen and oxygen atoms in total. The molecule has 0 fully saturated rings. The number of halogens is 3. The summed E-state index contributed by atoms with van der Waals surface area (Å²) < 4.78 is 3.69. The van der Waals surface area contributed by atoms with Crippen LogP contribution in [0.2, 0.25) is 0 Å². The molecule has 0 saturated heterocycles. The summed E-state index contributed by atoms with van der Waals surface area (Å²) in [6.07, 6.45) is 12.9. The molecule has 0 saturated carbocycles. The smallest absolute Gasteiger partial charge is 1.00 e. The van der Waals surface area contributed by atoms with Crippen LogP contribution in [-0.4, -0.2) is 2.96 Å². The van der Waals surface area contributed by atoms with Gasteiger partial charge in [-0.25, -0.2) is 0 Å². The number of thioether (sulfide) groups is 1. The Morgan fingerprint density at radius 1 is 1.24 bits per heavy atom. The van der Waals surface area contributed by atoms with E-state index < -0.39 is 23.2 Å². The van der Waals surface area contributed by atoms with Crippen LogP contribution < -0.4 is 35.3 Å². The zero-order valence-electron chi connectivity index (χ0n) is 10.9. The van der Waals surface area contributed by atoms with Gasteiger partial charge in [0, 0.05) is 0 Å². The van der Waals surface area contributed by atoms with E-state index in [4.69, 9.17) is 0 Å². The van der Waals surface area contributed by atoms with E-state index in [1.54, 1.807) is 3.28 Å². The van der Waals surface area contributed by atoms with Crippen molar-refractivity contribution < 1.29 is 48.0 Å². The Hall–Kier alpha value is 0.473. The summed E-state index contributed by atoms with van der Waals surface area (Å²) in [5, 5.41) is 2.80. The van der Waals surface area contributed by atoms with Gasteiger partial charge in [-0.15, -0.1) is 0 Å². The summed E-state index contributed by atoms with van der Waals surface area (Å²) in [6.45, 7) is 0. The van der Waals surface area contributed by atoms with Gasteiger partial charge < -0.3 is 24.8 Å². The van der Waals surface area contributed by atoms with E-state index in [0.717, 1.165) is 2.96 Å². The second-order valence-corrected chi connectivity index (χ2v) is 11.7. The number of rotatable bonds is 2. The van der Waals surface area contributed by atoms with E-state index >= 15 is 0 Å². The van der Waals surface area contributed by atoms with Crippen LogP contribution in [0.5, 0.6) is 0 Å². The van der Waals surface area contributed by atoms with Gasteiger partial charge in [0.15, 0.2) is 0 Å². The maximum Gasteiger partial charge on any atom is -1.00 e. The molecule has 1 aliphatic heterocycles. The molecule has 21 heavy (non-hydrogen) atoms. The average Bonchev–Trinajstić information content (AvgIpc) is 3.05. The molecule has 5 heteroatoms. The Morgan fingerprint density at radius 3 is 2.86 bits per heavy atom. The predicted molar refractivity (Wildman–Crippen MR) is 82.6 cm³/mol. The monoisotopic (exact) mass is 474 g/mol. The molecule has 3 aliphatic rings. The topological polar surface area (TPSA) is 0 Å². The summed E-state index contributed by atoms with van der Waals surface area (Å²) in [4.78, 5) is 1.51. The van der Waals surface area contributed by atoms with Gasteiger partial charge in [-0.05, 0) is 0 Å². The van der Waals surface area contributed by atoms with E-state index in [9.17, 15) is 0 Å². The van der Waals surface area contributed by atoms with Crippen LogP contribution in [-0.2, 0) is 23.2 Å². The van der Waals surface area contributed by atoms with Crippen molar-refractivity contribution >= 4 is 38.7 Å². The quantitative estimate of drug-likeness (QED) is 0.447. The molecule has 2 aliphatic carbocycles. The first kappa shape index (κ1) is 17.8. The summed E-state index contributed by atoms with van der Waals surface area (Å²) in [6, 6.07) is 6.63. The van der Waals surface area contributed by atoms with Gasteiger partial charge in [0.2, 0.25) is 0 Å². The van der Waals surface area contributed by atoms with Gasteiger partial charge in [-0.3, -0.25) is 0 Å². The van der Waals surface area contributed by atoms with Crippen LogP contribution in [0.3, 0.4) is 0 Å². The zero-order chi connectivity index (χ0) is 12.8. The molecule has 0 bridgehead atoms. The second-order valence-electron chi connectivity index (χ2n) is 4.83. The van der Waals surface area contributed by atoms with E-state index in [2.05, 4.69) is 76.3 Å². The minimum Gasteiger partial charge on any atom is -1.00 e. The van der Waals surface area contributed by atoms with E-state index in [0.29, 0.717) is 0 Å². The third-order valence-electron chi connectivity index (χ3n) is 3.51. The van der Waals surface area contributed by atoms with Crippen LogP contribution in [0.1, 0.15) is 6.42 Å². The first-order chi connectivity index (χ1) is 9.29. The first-order valence-corrected chi connectivity index (χ1v) is 10.6. The molecule has 0 spiro atoms. The third kappa shape index (κ3) is 3.53. The number of fused-ring (bicyclic) bond motifs is 2. The van der Waals surface area contributed by atoms with Crippen LogP contribution >= 0.6 is 27.7 Å². The Kier molecular flexibility index (Phi) is 6.25. The maximum atomic E-state index is 3.55. The van der Waals surface area contributed by atoms with Gasteiger partial charge in [0.05, 0.1) is 0 Å². The molecule has 1 atom stereocenters. The van der Waals surface area contributed by atoms with E-state index in [1.165, 1.54) is 31.8 Å². The van der Waals surface area contributed by atoms with Crippen LogP contribution in [0.25, 0.3) is 11.0 Å². The Labute approximate surface area is 161 Å². The van der Waals surface area contributed by atoms with Crippen molar-refractivity contribution in [3.8, 4) is 0 Å². The molecule has 1 unspecified atom stereocenters. The van der Waals surface area contributed by atoms with Crippen molar-refractivity contribution in [3.05, 3.63) is 66.3 Å². The Balaban J connectivity index is 0.000000807. The van der Waals surface area contributed by atoms with Gasteiger partial charge >= 0.3 is 138 Å². The number of hydrogen-bond acceptors (Lipinski definition) is 1. The first-order valence-electron chi connectivity index (χ1n) is 6.32. The van der Waals surface area contributed by atoms with Gasteiger partial charge in [-0.2, -0.15) is 0 Å². The molecule has 0 amide bonds. The van der Waals surface area contributed by atoms with Crippen LogP contribution in [0.4, 0.5) is 0 Å². The second kappa shape index (κ2) is 7.36. The third-order valence-corrected chi connectivity index (χ3v) is 9.58. The van der Waals surface area contributed by atoms with Crippen molar-refractivity contribution in [1.82, 2.24) is 0 Å². The normalized spacial score (nSPS) is 20.4. The fraction of sp³-hybridized carbons (Fsp3) is 0.125. The van der Waals surface area contributed by atoms with Crippen molar-refractivity contribution in [1.29, 1.82) is 0 Å². The summed E-state index contributed by atoms with van der Waals surface area (Å²) >= 11 is 5.21. The van der Waals surface area contributed by atoms with Gasteiger partial charge in [0.1, 0.15) is 0 Å². The fourth-order valence-corrected chi connectivity index (χ4v) is 8.91. The predicted octanol–water partition coefficient (Wildman–Crippen LogP) is -2.71. The Bertz CT molecular complexity index is 780. The molecule has 1 heterocycles. The maximum absolute atomic E-state index is 3.55. The van der Waals surface area contributed by atoms with Crippen LogP contribution in [0, 0.1) is 0 Å². The molecule has 4 rings (SSSR count). The molecule has 0 radical (unpaired) electrons. The van der Waals surface area contributed by atoms with Crippen LogP contribution in [0.15, 0.2) is 55.8 Å². The summed E-state index contributed by atoms with van der Waals surface area (Å²) in [5.74, 6) is 0. The number of allylic oxidation sites excluding steroid dienone is 4. The van der Waals surface area contributed by atoms with E-state index in [-0.39, 0.29) is 24.8 Å². The van der Waals surface area contributed by atoms with Crippen molar-refractivity contribution in [2.45, 2.75) is 9.38 Å². The molecule has 1 aromatic carbocycles. The molecule has 0 aromatic heterocycles. The largest absolute Gasteiger partial charge is 1.00 e. The zero-order valence-corrected chi connectivity index (χ0v) is 17.3.